The number of aliphatic hydroxyl groups excluding tert-OH is 1. The Morgan fingerprint density at radius 1 is 1.07 bits per heavy atom. The first-order chi connectivity index (χ1) is 13.9. The first kappa shape index (κ1) is 19.9. The lowest BCUT2D eigenvalue weighted by atomic mass is 9.84. The van der Waals surface area contributed by atoms with E-state index in [4.69, 9.17) is 0 Å². The van der Waals surface area contributed by atoms with Crippen LogP contribution in [-0.4, -0.2) is 49.7 Å². The van der Waals surface area contributed by atoms with Crippen LogP contribution >= 0.6 is 0 Å². The highest BCUT2D eigenvalue weighted by Gasteiger charge is 2.50. The summed E-state index contributed by atoms with van der Waals surface area (Å²) < 4.78 is 1.89. The third-order valence-corrected chi connectivity index (χ3v) is 6.49. The molecule has 7 nitrogen and oxygen atoms in total. The molecule has 4 rings (SSSR count). The minimum atomic E-state index is -0.854. The number of benzene rings is 1. The van der Waals surface area contributed by atoms with Gasteiger partial charge in [0.05, 0.1) is 36.6 Å². The maximum absolute atomic E-state index is 13.1. The average molecular weight is 399 g/mol. The highest BCUT2D eigenvalue weighted by atomic mass is 16.3. The number of imide groups is 1. The maximum atomic E-state index is 13.1. The molecule has 156 valence electrons. The van der Waals surface area contributed by atoms with E-state index in [9.17, 15) is 14.7 Å². The molecular formula is C22H30N4O3. The topological polar surface area (TPSA) is 87.5 Å². The minimum absolute atomic E-state index is 0.00304. The van der Waals surface area contributed by atoms with Gasteiger partial charge in [-0.3, -0.25) is 9.69 Å². The molecule has 2 aromatic rings. The first-order valence-electron chi connectivity index (χ1n) is 10.6. The summed E-state index contributed by atoms with van der Waals surface area (Å²) >= 11 is 0. The molecule has 1 aliphatic heterocycles. The van der Waals surface area contributed by atoms with Crippen LogP contribution < -0.4 is 5.32 Å². The molecule has 1 atom stereocenters. The van der Waals surface area contributed by atoms with Crippen molar-refractivity contribution < 1.29 is 14.7 Å². The number of nitrogens with zero attached hydrogens (tertiary/aromatic N) is 3. The molecule has 1 aliphatic carbocycles. The number of amides is 3. The van der Waals surface area contributed by atoms with Crippen molar-refractivity contribution in [2.24, 2.45) is 0 Å². The number of nitrogens with one attached hydrogen (secondary N) is 1. The fourth-order valence-corrected chi connectivity index (χ4v) is 4.64. The van der Waals surface area contributed by atoms with E-state index in [-0.39, 0.29) is 25.0 Å². The van der Waals surface area contributed by atoms with E-state index in [0.717, 1.165) is 42.3 Å². The zero-order valence-corrected chi connectivity index (χ0v) is 17.3. The number of rotatable bonds is 4. The Labute approximate surface area is 171 Å². The highest BCUT2D eigenvalue weighted by Crippen LogP contribution is 2.32. The van der Waals surface area contributed by atoms with Crippen LogP contribution in [0.4, 0.5) is 4.79 Å². The van der Waals surface area contributed by atoms with Crippen LogP contribution in [0.5, 0.6) is 0 Å². The molecule has 2 aliphatic rings. The third kappa shape index (κ3) is 3.75. The molecule has 2 heterocycles. The number of carbonyl (C=O) groups excluding carboxylic acids is 2. The molecular weight excluding hydrogens is 368 g/mol. The van der Waals surface area contributed by atoms with Crippen LogP contribution in [0.15, 0.2) is 18.5 Å². The molecule has 2 fully saturated rings. The number of β-amino-alcohol motifs (C(OH)–C–C–N with tert-alkyl or cyclic N) is 1. The molecule has 1 saturated carbocycles. The maximum Gasteiger partial charge on any atom is 0.325 e. The molecule has 7 heteroatoms. The zero-order valence-electron chi connectivity index (χ0n) is 17.3. The number of carbonyl (C=O) groups is 2. The lowest BCUT2D eigenvalue weighted by Gasteiger charge is -2.28. The van der Waals surface area contributed by atoms with Gasteiger partial charge in [-0.25, -0.2) is 9.78 Å². The SMILES string of the molecule is Cc1cc2ncn(CC(O)CN3C(=O)NC4(CCCCCCC4)C3=O)c2cc1C. The number of aryl methyl sites for hydroxylation is 2. The van der Waals surface area contributed by atoms with Crippen LogP contribution in [0, 0.1) is 13.8 Å². The molecule has 1 aromatic carbocycles. The number of aromatic nitrogens is 2. The molecule has 29 heavy (non-hydrogen) atoms. The van der Waals surface area contributed by atoms with E-state index in [2.05, 4.69) is 16.4 Å². The Morgan fingerprint density at radius 2 is 1.72 bits per heavy atom. The number of hydrogen-bond donors (Lipinski definition) is 2. The summed E-state index contributed by atoms with van der Waals surface area (Å²) in [5.74, 6) is -0.176. The highest BCUT2D eigenvalue weighted by molar-refractivity contribution is 6.07. The smallest absolute Gasteiger partial charge is 0.325 e. The molecule has 3 amide bonds. The standard InChI is InChI=1S/C22H30N4O3/c1-15-10-18-19(11-16(15)2)25(14-23-18)12-17(27)13-26-20(28)22(24-21(26)29)8-6-4-3-5-7-9-22/h10-11,14,17,27H,3-9,12-13H2,1-2H3,(H,24,29). The van der Waals surface area contributed by atoms with E-state index in [1.165, 1.54) is 16.9 Å². The van der Waals surface area contributed by atoms with Gasteiger partial charge in [0.15, 0.2) is 0 Å². The van der Waals surface area contributed by atoms with E-state index in [1.54, 1.807) is 6.33 Å². The number of hydrogen-bond acceptors (Lipinski definition) is 4. The number of urea groups is 1. The first-order valence-corrected chi connectivity index (χ1v) is 10.6. The van der Waals surface area contributed by atoms with Gasteiger partial charge >= 0.3 is 6.03 Å². The van der Waals surface area contributed by atoms with Gasteiger partial charge in [-0.1, -0.05) is 32.1 Å². The van der Waals surface area contributed by atoms with Gasteiger partial charge in [0.25, 0.3) is 5.91 Å². The minimum Gasteiger partial charge on any atom is -0.389 e. The fourth-order valence-electron chi connectivity index (χ4n) is 4.64. The lowest BCUT2D eigenvalue weighted by Crippen LogP contribution is -2.47. The van der Waals surface area contributed by atoms with Gasteiger partial charge in [0.1, 0.15) is 5.54 Å². The molecule has 1 aromatic heterocycles. The predicted octanol–water partition coefficient (Wildman–Crippen LogP) is 3.05. The summed E-state index contributed by atoms with van der Waals surface area (Å²) in [6.07, 6.45) is 7.51. The Kier molecular flexibility index (Phi) is 5.34. The van der Waals surface area contributed by atoms with Gasteiger partial charge in [-0.05, 0) is 49.9 Å². The van der Waals surface area contributed by atoms with Gasteiger partial charge in [0.2, 0.25) is 0 Å². The van der Waals surface area contributed by atoms with Crippen LogP contribution in [0.25, 0.3) is 11.0 Å². The van der Waals surface area contributed by atoms with Crippen molar-refractivity contribution in [3.63, 3.8) is 0 Å². The van der Waals surface area contributed by atoms with Crippen molar-refractivity contribution in [3.05, 3.63) is 29.6 Å². The van der Waals surface area contributed by atoms with Crippen LogP contribution in [0.3, 0.4) is 0 Å². The van der Waals surface area contributed by atoms with E-state index in [1.807, 2.05) is 24.5 Å². The van der Waals surface area contributed by atoms with Crippen molar-refractivity contribution >= 4 is 23.0 Å². The van der Waals surface area contributed by atoms with Gasteiger partial charge in [-0.2, -0.15) is 0 Å². The normalized spacial score (nSPS) is 20.7. The largest absolute Gasteiger partial charge is 0.389 e. The molecule has 1 unspecified atom stereocenters. The second-order valence-corrected chi connectivity index (χ2v) is 8.67. The Morgan fingerprint density at radius 3 is 2.45 bits per heavy atom. The third-order valence-electron chi connectivity index (χ3n) is 6.49. The molecule has 1 saturated heterocycles. The number of imidazole rings is 1. The summed E-state index contributed by atoms with van der Waals surface area (Å²) in [5, 5.41) is 13.6. The van der Waals surface area contributed by atoms with E-state index < -0.39 is 11.6 Å². The quantitative estimate of drug-likeness (QED) is 0.775. The van der Waals surface area contributed by atoms with Gasteiger partial charge in [-0.15, -0.1) is 0 Å². The second kappa shape index (κ2) is 7.78. The summed E-state index contributed by atoms with van der Waals surface area (Å²) in [5.41, 5.74) is 3.39. The van der Waals surface area contributed by atoms with Crippen LogP contribution in [0.1, 0.15) is 56.1 Å². The number of aliphatic hydroxyl groups is 1. The van der Waals surface area contributed by atoms with Gasteiger partial charge < -0.3 is 15.0 Å². The van der Waals surface area contributed by atoms with E-state index in [0.29, 0.717) is 12.8 Å². The van der Waals surface area contributed by atoms with Gasteiger partial charge in [0, 0.05) is 0 Å². The van der Waals surface area contributed by atoms with Crippen molar-refractivity contribution in [1.82, 2.24) is 19.8 Å². The van der Waals surface area contributed by atoms with Crippen LogP contribution in [-0.2, 0) is 11.3 Å². The lowest BCUT2D eigenvalue weighted by molar-refractivity contribution is -0.133. The average Bonchev–Trinajstić information content (AvgIpc) is 3.13. The molecule has 2 N–H and O–H groups in total. The Bertz CT molecular complexity index is 928. The number of fused-ring (bicyclic) bond motifs is 1. The predicted molar refractivity (Wildman–Crippen MR) is 111 cm³/mol. The summed E-state index contributed by atoms with van der Waals surface area (Å²) in [6, 6.07) is 3.71. The van der Waals surface area contributed by atoms with Crippen molar-refractivity contribution in [3.8, 4) is 0 Å². The molecule has 1 spiro atoms. The van der Waals surface area contributed by atoms with Crippen molar-refractivity contribution in [2.75, 3.05) is 6.54 Å². The second-order valence-electron chi connectivity index (χ2n) is 8.67. The monoisotopic (exact) mass is 398 g/mol. The van der Waals surface area contributed by atoms with Crippen LogP contribution in [0.2, 0.25) is 0 Å². The molecule has 0 radical (unpaired) electrons. The Balaban J connectivity index is 1.47. The summed E-state index contributed by atoms with van der Waals surface area (Å²) in [7, 11) is 0. The fraction of sp³-hybridized carbons (Fsp3) is 0.591. The summed E-state index contributed by atoms with van der Waals surface area (Å²) in [4.78, 5) is 31.3. The Hall–Kier alpha value is -2.41. The van der Waals surface area contributed by atoms with E-state index >= 15 is 0 Å². The summed E-state index contributed by atoms with van der Waals surface area (Å²) in [6.45, 7) is 4.37. The van der Waals surface area contributed by atoms with Crippen molar-refractivity contribution in [2.45, 2.75) is 77.0 Å². The molecule has 0 bridgehead atoms. The zero-order chi connectivity index (χ0) is 20.6. The van der Waals surface area contributed by atoms with Crippen molar-refractivity contribution in [1.29, 1.82) is 0 Å².